The van der Waals surface area contributed by atoms with E-state index in [1.165, 1.54) is 9.36 Å². The van der Waals surface area contributed by atoms with Crippen molar-refractivity contribution >= 4 is 21.9 Å². The molecule has 44 heavy (non-hydrogen) atoms. The topological polar surface area (TPSA) is 115 Å². The van der Waals surface area contributed by atoms with E-state index in [0.29, 0.717) is 61.0 Å². The van der Waals surface area contributed by atoms with Crippen molar-refractivity contribution in [3.8, 4) is 22.7 Å². The highest BCUT2D eigenvalue weighted by Crippen LogP contribution is 2.37. The van der Waals surface area contributed by atoms with Gasteiger partial charge in [-0.15, -0.1) is 0 Å². The van der Waals surface area contributed by atoms with Crippen LogP contribution in [0.15, 0.2) is 109 Å². The van der Waals surface area contributed by atoms with Gasteiger partial charge < -0.3 is 9.15 Å². The first-order valence-electron chi connectivity index (χ1n) is 14.1. The van der Waals surface area contributed by atoms with E-state index in [1.807, 2.05) is 60.7 Å². The fourth-order valence-electron chi connectivity index (χ4n) is 5.51. The Morgan fingerprint density at radius 3 is 1.89 bits per heavy atom. The maximum atomic E-state index is 14.1. The van der Waals surface area contributed by atoms with Crippen LogP contribution in [0.2, 0.25) is 0 Å². The lowest BCUT2D eigenvalue weighted by Crippen LogP contribution is -2.25. The lowest BCUT2D eigenvalue weighted by Gasteiger charge is -2.13. The van der Waals surface area contributed by atoms with E-state index in [9.17, 15) is 14.4 Å². The molecule has 0 amide bonds. The Kier molecular flexibility index (Phi) is 7.84. The number of aromatic amines is 2. The molecule has 0 fully saturated rings. The summed E-state index contributed by atoms with van der Waals surface area (Å²) in [5.74, 6) is -0.587. The molecule has 0 saturated heterocycles. The van der Waals surface area contributed by atoms with Crippen LogP contribution in [0.4, 0.5) is 0 Å². The van der Waals surface area contributed by atoms with Gasteiger partial charge in [0, 0.05) is 21.4 Å². The minimum atomic E-state index is -0.868. The maximum absolute atomic E-state index is 14.1. The Balaban J connectivity index is 1.57. The van der Waals surface area contributed by atoms with Gasteiger partial charge >= 0.3 is 5.97 Å². The van der Waals surface area contributed by atoms with Crippen molar-refractivity contribution in [2.24, 2.45) is 0 Å². The molecular weight excluding hydrogens is 624 g/mol. The van der Waals surface area contributed by atoms with Crippen LogP contribution in [0, 0.1) is 13.8 Å². The number of benzene rings is 3. The summed E-state index contributed by atoms with van der Waals surface area (Å²) < 4.78 is 15.4. The zero-order valence-corrected chi connectivity index (χ0v) is 25.8. The largest absolute Gasteiger partial charge is 0.462 e. The molecule has 0 bridgehead atoms. The molecule has 3 aromatic carbocycles. The number of hydrogen-bond acceptors (Lipinski definition) is 5. The molecule has 2 N–H and O–H groups in total. The minimum absolute atomic E-state index is 0.219. The van der Waals surface area contributed by atoms with E-state index < -0.39 is 11.9 Å². The van der Waals surface area contributed by atoms with Crippen LogP contribution in [-0.2, 0) is 4.74 Å². The van der Waals surface area contributed by atoms with Crippen molar-refractivity contribution in [2.45, 2.75) is 26.7 Å². The first-order valence-corrected chi connectivity index (χ1v) is 14.9. The summed E-state index contributed by atoms with van der Waals surface area (Å²) in [6.07, 6.45) is 0. The van der Waals surface area contributed by atoms with Crippen LogP contribution in [0.25, 0.3) is 22.7 Å². The van der Waals surface area contributed by atoms with E-state index >= 15 is 0 Å². The van der Waals surface area contributed by atoms with E-state index in [1.54, 1.807) is 51.1 Å². The van der Waals surface area contributed by atoms with Gasteiger partial charge in [-0.1, -0.05) is 52.3 Å². The van der Waals surface area contributed by atoms with Gasteiger partial charge in [0.25, 0.3) is 11.1 Å². The summed E-state index contributed by atoms with van der Waals surface area (Å²) in [4.78, 5) is 41.1. The normalized spacial score (nSPS) is 11.3. The van der Waals surface area contributed by atoms with Crippen molar-refractivity contribution in [1.29, 1.82) is 0 Å². The molecular formula is C34H29BrN4O5. The van der Waals surface area contributed by atoms with Gasteiger partial charge in [-0.2, -0.15) is 0 Å². The predicted octanol–water partition coefficient (Wildman–Crippen LogP) is 6.64. The molecule has 0 atom stereocenters. The van der Waals surface area contributed by atoms with E-state index in [-0.39, 0.29) is 17.7 Å². The zero-order valence-electron chi connectivity index (χ0n) is 24.3. The summed E-state index contributed by atoms with van der Waals surface area (Å²) in [6, 6.07) is 27.2. The Morgan fingerprint density at radius 1 is 0.818 bits per heavy atom. The number of carbonyl (C=O) groups excluding carboxylic acids is 1. The van der Waals surface area contributed by atoms with Gasteiger partial charge in [0.15, 0.2) is 0 Å². The smallest absolute Gasteiger partial charge is 0.338 e. The molecule has 0 saturated carbocycles. The molecule has 9 nitrogen and oxygen atoms in total. The van der Waals surface area contributed by atoms with Gasteiger partial charge in [-0.25, -0.2) is 14.2 Å². The van der Waals surface area contributed by atoms with Crippen LogP contribution in [-0.4, -0.2) is 32.1 Å². The zero-order chi connectivity index (χ0) is 31.0. The van der Waals surface area contributed by atoms with Crippen molar-refractivity contribution in [1.82, 2.24) is 19.6 Å². The highest BCUT2D eigenvalue weighted by Gasteiger charge is 2.33. The number of furan rings is 1. The Hall–Kier alpha value is -5.09. The number of H-pyrrole nitrogens is 2. The van der Waals surface area contributed by atoms with Crippen molar-refractivity contribution in [3.63, 3.8) is 0 Å². The third-order valence-electron chi connectivity index (χ3n) is 7.49. The SMILES string of the molecule is CCOC(=O)c1cc(Br)ccc1-c1ccc(C(c2c(C)[nH]n(-c3ccccc3)c2=O)c2c(C)[nH]n(-c3ccccc3)c2=O)o1. The summed E-state index contributed by atoms with van der Waals surface area (Å²) in [7, 11) is 0. The lowest BCUT2D eigenvalue weighted by molar-refractivity contribution is 0.0527. The number of ether oxygens (including phenoxy) is 1. The molecule has 0 radical (unpaired) electrons. The third-order valence-corrected chi connectivity index (χ3v) is 7.99. The summed E-state index contributed by atoms with van der Waals surface area (Å²) in [6.45, 7) is 5.57. The Bertz CT molecular complexity index is 1990. The highest BCUT2D eigenvalue weighted by molar-refractivity contribution is 9.10. The van der Waals surface area contributed by atoms with Crippen LogP contribution in [0.1, 0.15) is 51.5 Å². The number of para-hydroxylation sites is 2. The number of nitrogens with one attached hydrogen (secondary N) is 2. The lowest BCUT2D eigenvalue weighted by atomic mass is 9.89. The predicted molar refractivity (Wildman–Crippen MR) is 171 cm³/mol. The number of rotatable bonds is 8. The Labute approximate surface area is 260 Å². The number of nitrogens with zero attached hydrogens (tertiary/aromatic N) is 2. The summed E-state index contributed by atoms with van der Waals surface area (Å²) >= 11 is 3.43. The van der Waals surface area contributed by atoms with Crippen molar-refractivity contribution in [2.75, 3.05) is 6.61 Å². The van der Waals surface area contributed by atoms with Crippen molar-refractivity contribution in [3.05, 3.63) is 150 Å². The van der Waals surface area contributed by atoms with Gasteiger partial charge in [-0.3, -0.25) is 19.8 Å². The number of carbonyl (C=O) groups is 1. The minimum Gasteiger partial charge on any atom is -0.462 e. The number of aromatic nitrogens is 4. The number of hydrogen-bond donors (Lipinski definition) is 2. The van der Waals surface area contributed by atoms with Crippen LogP contribution < -0.4 is 11.1 Å². The van der Waals surface area contributed by atoms with E-state index in [4.69, 9.17) is 9.15 Å². The maximum Gasteiger partial charge on any atom is 0.338 e. The number of esters is 1. The average Bonchev–Trinajstić information content (AvgIpc) is 3.71. The number of aryl methyl sites for hydroxylation is 2. The molecule has 0 spiro atoms. The third kappa shape index (κ3) is 5.17. The molecule has 0 aliphatic carbocycles. The van der Waals surface area contributed by atoms with Crippen LogP contribution in [0.3, 0.4) is 0 Å². The second-order valence-corrected chi connectivity index (χ2v) is 11.2. The standard InChI is InChI=1S/C34H29BrN4O5/c1-4-43-34(42)26-19-22(35)15-16-25(26)27-17-18-28(44-27)31(29-20(2)36-38(32(29)40)23-11-7-5-8-12-23)30-21(3)37-39(33(30)41)24-13-9-6-10-14-24/h5-19,31,36-37H,4H2,1-3H3. The second kappa shape index (κ2) is 11.9. The average molecular weight is 654 g/mol. The summed E-state index contributed by atoms with van der Waals surface area (Å²) in [5, 5.41) is 6.37. The first-order chi connectivity index (χ1) is 21.3. The van der Waals surface area contributed by atoms with Gasteiger partial charge in [-0.05, 0) is 75.4 Å². The highest BCUT2D eigenvalue weighted by atomic mass is 79.9. The molecule has 3 heterocycles. The molecule has 0 aliphatic heterocycles. The first kappa shape index (κ1) is 29.0. The summed E-state index contributed by atoms with van der Waals surface area (Å²) in [5.41, 5.74) is 3.47. The number of halogens is 1. The monoisotopic (exact) mass is 652 g/mol. The van der Waals surface area contributed by atoms with Crippen molar-refractivity contribution < 1.29 is 13.9 Å². The molecule has 0 aliphatic rings. The van der Waals surface area contributed by atoms with Gasteiger partial charge in [0.2, 0.25) is 0 Å². The van der Waals surface area contributed by atoms with Gasteiger partial charge in [0.1, 0.15) is 11.5 Å². The fraction of sp³-hybridized carbons (Fsp3) is 0.147. The fourth-order valence-corrected chi connectivity index (χ4v) is 5.87. The molecule has 6 aromatic rings. The molecule has 10 heteroatoms. The van der Waals surface area contributed by atoms with Crippen LogP contribution in [0.5, 0.6) is 0 Å². The Morgan fingerprint density at radius 2 is 1.36 bits per heavy atom. The van der Waals surface area contributed by atoms with E-state index in [2.05, 4.69) is 26.1 Å². The van der Waals surface area contributed by atoms with Crippen LogP contribution >= 0.6 is 15.9 Å². The quantitative estimate of drug-likeness (QED) is 0.179. The molecule has 3 aromatic heterocycles. The van der Waals surface area contributed by atoms with E-state index in [0.717, 1.165) is 0 Å². The second-order valence-electron chi connectivity index (χ2n) is 10.3. The molecule has 6 rings (SSSR count). The molecule has 0 unspecified atom stereocenters. The van der Waals surface area contributed by atoms with Gasteiger partial charge in [0.05, 0.1) is 40.6 Å². The molecule has 222 valence electrons.